The minimum atomic E-state index is -0.388. The molecule has 0 aliphatic heterocycles. The van der Waals surface area contributed by atoms with Gasteiger partial charge in [-0.3, -0.25) is 4.79 Å². The molecule has 1 unspecified atom stereocenters. The summed E-state index contributed by atoms with van der Waals surface area (Å²) in [4.78, 5) is 12.5. The first-order valence-electron chi connectivity index (χ1n) is 11.1. The largest absolute Gasteiger partial charge is 0.483 e. The molecule has 1 N–H and O–H groups in total. The highest BCUT2D eigenvalue weighted by atomic mass is 32.2. The monoisotopic (exact) mass is 470 g/mol. The lowest BCUT2D eigenvalue weighted by molar-refractivity contribution is -0.113. The van der Waals surface area contributed by atoms with Gasteiger partial charge in [-0.2, -0.15) is 0 Å². The molecule has 1 atom stereocenters. The van der Waals surface area contributed by atoms with Gasteiger partial charge in [0, 0.05) is 11.7 Å². The fraction of sp³-hybridized carbons (Fsp3) is 0.400. The average molecular weight is 471 g/mol. The van der Waals surface area contributed by atoms with Crippen molar-refractivity contribution in [1.82, 2.24) is 14.8 Å². The van der Waals surface area contributed by atoms with Crippen LogP contribution in [0.25, 0.3) is 0 Å². The number of aryl methyl sites for hydroxylation is 1. The Morgan fingerprint density at radius 2 is 1.79 bits per heavy atom. The van der Waals surface area contributed by atoms with Crippen molar-refractivity contribution in [2.24, 2.45) is 0 Å². The molecule has 0 spiro atoms. The summed E-state index contributed by atoms with van der Waals surface area (Å²) in [5.41, 5.74) is 2.53. The Bertz CT molecular complexity index is 1100. The molecule has 0 saturated heterocycles. The van der Waals surface area contributed by atoms with E-state index in [2.05, 4.69) is 41.5 Å². The molecular formula is C25H31FN4O2S. The van der Waals surface area contributed by atoms with Crippen molar-refractivity contribution in [1.29, 1.82) is 0 Å². The molecule has 0 saturated carbocycles. The summed E-state index contributed by atoms with van der Waals surface area (Å²) in [7, 11) is 0. The van der Waals surface area contributed by atoms with Crippen molar-refractivity contribution < 1.29 is 13.9 Å². The van der Waals surface area contributed by atoms with E-state index in [4.69, 9.17) is 4.74 Å². The van der Waals surface area contributed by atoms with Crippen molar-refractivity contribution in [2.45, 2.75) is 64.8 Å². The van der Waals surface area contributed by atoms with Crippen LogP contribution in [0.15, 0.2) is 47.6 Å². The number of aromatic nitrogens is 3. The second kappa shape index (κ2) is 10.8. The van der Waals surface area contributed by atoms with Gasteiger partial charge < -0.3 is 14.6 Å². The molecule has 1 amide bonds. The van der Waals surface area contributed by atoms with Crippen molar-refractivity contribution >= 4 is 23.4 Å². The highest BCUT2D eigenvalue weighted by Gasteiger charge is 2.22. The highest BCUT2D eigenvalue weighted by Crippen LogP contribution is 2.28. The van der Waals surface area contributed by atoms with Crippen LogP contribution in [0.3, 0.4) is 0 Å². The Morgan fingerprint density at radius 3 is 2.42 bits per heavy atom. The Labute approximate surface area is 199 Å². The summed E-state index contributed by atoms with van der Waals surface area (Å²) in [6, 6.07) is 12.5. The van der Waals surface area contributed by atoms with Crippen LogP contribution in [0.2, 0.25) is 0 Å². The van der Waals surface area contributed by atoms with Crippen molar-refractivity contribution in [3.05, 3.63) is 65.2 Å². The summed E-state index contributed by atoms with van der Waals surface area (Å²) in [6.07, 6.45) is -0.317. The van der Waals surface area contributed by atoms with E-state index in [-0.39, 0.29) is 29.6 Å². The smallest absolute Gasteiger partial charge is 0.234 e. The van der Waals surface area contributed by atoms with Gasteiger partial charge in [-0.15, -0.1) is 10.2 Å². The van der Waals surface area contributed by atoms with Gasteiger partial charge in [-0.05, 0) is 69.0 Å². The van der Waals surface area contributed by atoms with Gasteiger partial charge in [-0.25, -0.2) is 4.39 Å². The van der Waals surface area contributed by atoms with Gasteiger partial charge in [0.1, 0.15) is 11.6 Å². The van der Waals surface area contributed by atoms with E-state index in [0.29, 0.717) is 22.6 Å². The highest BCUT2D eigenvalue weighted by molar-refractivity contribution is 7.99. The number of nitrogens with zero attached hydrogens (tertiary/aromatic N) is 3. The molecule has 2 aromatic carbocycles. The van der Waals surface area contributed by atoms with Crippen LogP contribution in [-0.2, 0) is 4.79 Å². The molecule has 0 fully saturated rings. The van der Waals surface area contributed by atoms with Crippen molar-refractivity contribution in [2.75, 3.05) is 11.1 Å². The minimum absolute atomic E-state index is 0.0837. The molecule has 0 radical (unpaired) electrons. The van der Waals surface area contributed by atoms with E-state index in [0.717, 1.165) is 11.3 Å². The molecule has 176 valence electrons. The van der Waals surface area contributed by atoms with E-state index in [1.807, 2.05) is 44.4 Å². The summed E-state index contributed by atoms with van der Waals surface area (Å²) in [5.74, 6) is 1.43. The molecule has 1 heterocycles. The van der Waals surface area contributed by atoms with Crippen LogP contribution in [0.5, 0.6) is 5.75 Å². The summed E-state index contributed by atoms with van der Waals surface area (Å²) < 4.78 is 21.6. The second-order valence-electron chi connectivity index (χ2n) is 8.58. The minimum Gasteiger partial charge on any atom is -0.483 e. The van der Waals surface area contributed by atoms with Gasteiger partial charge in [0.05, 0.1) is 5.75 Å². The number of nitrogens with one attached hydrogen (secondary N) is 1. The number of rotatable bonds is 9. The molecule has 3 rings (SSSR count). The fourth-order valence-corrected chi connectivity index (χ4v) is 4.26. The zero-order valence-electron chi connectivity index (χ0n) is 19.9. The maximum absolute atomic E-state index is 13.5. The Kier molecular flexibility index (Phi) is 8.13. The predicted molar refractivity (Wildman–Crippen MR) is 130 cm³/mol. The maximum atomic E-state index is 13.5. The number of hydrogen-bond donors (Lipinski definition) is 1. The summed E-state index contributed by atoms with van der Waals surface area (Å²) in [6.45, 7) is 12.1. The third-order valence-electron chi connectivity index (χ3n) is 5.24. The van der Waals surface area contributed by atoms with Crippen LogP contribution in [0, 0.1) is 12.7 Å². The Morgan fingerprint density at radius 1 is 1.09 bits per heavy atom. The van der Waals surface area contributed by atoms with Crippen LogP contribution in [0.1, 0.15) is 69.6 Å². The maximum Gasteiger partial charge on any atom is 0.234 e. The molecule has 0 aliphatic rings. The van der Waals surface area contributed by atoms with E-state index in [1.54, 1.807) is 6.07 Å². The van der Waals surface area contributed by atoms with Gasteiger partial charge >= 0.3 is 0 Å². The number of amides is 1. The number of halogens is 1. The van der Waals surface area contributed by atoms with Crippen LogP contribution in [0.4, 0.5) is 10.1 Å². The molecule has 0 aliphatic carbocycles. The number of anilines is 1. The van der Waals surface area contributed by atoms with E-state index in [9.17, 15) is 9.18 Å². The average Bonchev–Trinajstić information content (AvgIpc) is 3.20. The number of hydrogen-bond acceptors (Lipinski definition) is 5. The van der Waals surface area contributed by atoms with Crippen LogP contribution in [-0.4, -0.2) is 26.4 Å². The lowest BCUT2D eigenvalue weighted by Crippen LogP contribution is -2.17. The number of thioether (sulfide) groups is 1. The first kappa shape index (κ1) is 24.8. The molecule has 8 heteroatoms. The van der Waals surface area contributed by atoms with Crippen molar-refractivity contribution in [3.8, 4) is 5.75 Å². The van der Waals surface area contributed by atoms with E-state index >= 15 is 0 Å². The molecule has 0 bridgehead atoms. The van der Waals surface area contributed by atoms with E-state index in [1.165, 1.54) is 29.5 Å². The third-order valence-corrected chi connectivity index (χ3v) is 6.18. The van der Waals surface area contributed by atoms with Gasteiger partial charge in [0.2, 0.25) is 5.91 Å². The molecule has 3 aromatic rings. The lowest BCUT2D eigenvalue weighted by atomic mass is 10.0. The van der Waals surface area contributed by atoms with Crippen LogP contribution >= 0.6 is 11.8 Å². The first-order chi connectivity index (χ1) is 15.7. The SMILES string of the molecule is Cc1ccc(F)cc1NC(=O)CSc1nnc(C(C)Oc2ccc(C(C)C)cc2)n1C(C)C. The number of ether oxygens (including phenoxy) is 1. The number of benzene rings is 2. The third kappa shape index (κ3) is 6.35. The molecule has 1 aromatic heterocycles. The second-order valence-corrected chi connectivity index (χ2v) is 9.53. The summed E-state index contributed by atoms with van der Waals surface area (Å²) >= 11 is 1.29. The van der Waals surface area contributed by atoms with Gasteiger partial charge in [0.25, 0.3) is 0 Å². The quantitative estimate of drug-likeness (QED) is 0.372. The Hall–Kier alpha value is -2.87. The van der Waals surface area contributed by atoms with Crippen LogP contribution < -0.4 is 10.1 Å². The standard InChI is InChI=1S/C25H31FN4O2S/c1-15(2)19-8-11-21(12-9-19)32-18(6)24-28-29-25(30(24)16(3)4)33-14-23(31)27-22-13-20(26)10-7-17(22)5/h7-13,15-16,18H,14H2,1-6H3,(H,27,31). The number of carbonyl (C=O) groups excluding carboxylic acids is 1. The molecular weight excluding hydrogens is 439 g/mol. The Balaban J connectivity index is 1.68. The lowest BCUT2D eigenvalue weighted by Gasteiger charge is -2.19. The van der Waals surface area contributed by atoms with E-state index < -0.39 is 0 Å². The normalized spacial score (nSPS) is 12.3. The molecule has 6 nitrogen and oxygen atoms in total. The summed E-state index contributed by atoms with van der Waals surface area (Å²) in [5, 5.41) is 12.1. The van der Waals surface area contributed by atoms with Crippen molar-refractivity contribution in [3.63, 3.8) is 0 Å². The predicted octanol–water partition coefficient (Wildman–Crippen LogP) is 6.30. The number of carbonyl (C=O) groups is 1. The molecule has 33 heavy (non-hydrogen) atoms. The zero-order chi connectivity index (χ0) is 24.1. The van der Waals surface area contributed by atoms with Gasteiger partial charge in [0.15, 0.2) is 17.1 Å². The zero-order valence-corrected chi connectivity index (χ0v) is 20.7. The topological polar surface area (TPSA) is 69.0 Å². The van der Waals surface area contributed by atoms with Gasteiger partial charge in [-0.1, -0.05) is 43.8 Å². The fourth-order valence-electron chi connectivity index (χ4n) is 3.38. The first-order valence-corrected chi connectivity index (χ1v) is 12.0.